The minimum Gasteiger partial charge on any atom is -0.481 e. The number of carboxylic acids is 1. The van der Waals surface area contributed by atoms with Crippen LogP contribution in [0.15, 0.2) is 54.7 Å². The SMILES string of the molecule is Cc1cc2nc(N3CCN(C)C(c4ccc5c(cnn5C)c4)C3=O)sc2c(-c2ccc(Cl)cc2)c1CC(=O)O. The van der Waals surface area contributed by atoms with Crippen LogP contribution in [-0.2, 0) is 23.1 Å². The molecule has 1 N–H and O–H groups in total. The molecule has 10 heteroatoms. The molecular weight excluding hydrogens is 534 g/mol. The highest BCUT2D eigenvalue weighted by Gasteiger charge is 2.36. The minimum atomic E-state index is -0.903. The van der Waals surface area contributed by atoms with Crippen LogP contribution < -0.4 is 4.90 Å². The third kappa shape index (κ3) is 4.46. The van der Waals surface area contributed by atoms with Gasteiger partial charge in [0, 0.05) is 36.1 Å². The number of piperazine rings is 1. The van der Waals surface area contributed by atoms with Crippen LogP contribution >= 0.6 is 22.9 Å². The average Bonchev–Trinajstić information content (AvgIpc) is 3.48. The van der Waals surface area contributed by atoms with Gasteiger partial charge in [-0.25, -0.2) is 4.98 Å². The smallest absolute Gasteiger partial charge is 0.307 e. The van der Waals surface area contributed by atoms with Gasteiger partial charge in [0.25, 0.3) is 5.91 Å². The summed E-state index contributed by atoms with van der Waals surface area (Å²) in [5, 5.41) is 16.2. The van der Waals surface area contributed by atoms with Gasteiger partial charge in [-0.1, -0.05) is 41.1 Å². The fraction of sp³-hybridized carbons (Fsp3) is 0.241. The number of carboxylic acid groups (broad SMARTS) is 1. The molecule has 1 unspecified atom stereocenters. The first-order valence-corrected chi connectivity index (χ1v) is 13.7. The van der Waals surface area contributed by atoms with Gasteiger partial charge in [-0.2, -0.15) is 5.10 Å². The zero-order valence-corrected chi connectivity index (χ0v) is 23.3. The fourth-order valence-corrected chi connectivity index (χ4v) is 6.71. The number of benzene rings is 3. The molecule has 0 spiro atoms. The second-order valence-corrected chi connectivity index (χ2v) is 11.3. The highest BCUT2D eigenvalue weighted by molar-refractivity contribution is 7.23. The molecule has 1 saturated heterocycles. The number of thiazole rings is 1. The van der Waals surface area contributed by atoms with Crippen LogP contribution in [0.4, 0.5) is 5.13 Å². The van der Waals surface area contributed by atoms with E-state index in [0.29, 0.717) is 23.2 Å². The van der Waals surface area contributed by atoms with E-state index in [4.69, 9.17) is 16.6 Å². The Bertz CT molecular complexity index is 1760. The number of aromatic nitrogens is 3. The summed E-state index contributed by atoms with van der Waals surface area (Å²) in [7, 11) is 3.86. The zero-order chi connectivity index (χ0) is 27.4. The van der Waals surface area contributed by atoms with Crippen molar-refractivity contribution < 1.29 is 14.7 Å². The quantitative estimate of drug-likeness (QED) is 0.307. The van der Waals surface area contributed by atoms with E-state index in [9.17, 15) is 14.7 Å². The van der Waals surface area contributed by atoms with E-state index >= 15 is 0 Å². The van der Waals surface area contributed by atoms with Gasteiger partial charge in [0.05, 0.1) is 28.4 Å². The van der Waals surface area contributed by atoms with E-state index in [0.717, 1.165) is 48.9 Å². The molecule has 0 aliphatic carbocycles. The predicted octanol–water partition coefficient (Wildman–Crippen LogP) is 5.46. The molecule has 0 bridgehead atoms. The van der Waals surface area contributed by atoms with Crippen molar-refractivity contribution in [2.45, 2.75) is 19.4 Å². The Morgan fingerprint density at radius 1 is 1.13 bits per heavy atom. The molecule has 1 aliphatic heterocycles. The number of fused-ring (bicyclic) bond motifs is 2. The van der Waals surface area contributed by atoms with Crippen molar-refractivity contribution in [3.05, 3.63) is 76.4 Å². The number of carbonyl (C=O) groups excluding carboxylic acids is 1. The van der Waals surface area contributed by atoms with Crippen LogP contribution in [0.1, 0.15) is 22.7 Å². The van der Waals surface area contributed by atoms with Gasteiger partial charge in [-0.3, -0.25) is 24.1 Å². The number of carbonyl (C=O) groups is 2. The largest absolute Gasteiger partial charge is 0.481 e. The second kappa shape index (κ2) is 9.75. The van der Waals surface area contributed by atoms with E-state index in [1.54, 1.807) is 17.0 Å². The summed E-state index contributed by atoms with van der Waals surface area (Å²) in [5.41, 5.74) is 5.94. The number of rotatable bonds is 5. The zero-order valence-electron chi connectivity index (χ0n) is 21.7. The van der Waals surface area contributed by atoms with E-state index in [1.165, 1.54) is 11.3 Å². The minimum absolute atomic E-state index is 0.0402. The molecule has 3 aromatic carbocycles. The molecule has 6 rings (SSSR count). The van der Waals surface area contributed by atoms with Crippen molar-refractivity contribution in [3.8, 4) is 11.1 Å². The molecule has 3 heterocycles. The number of anilines is 1. The highest BCUT2D eigenvalue weighted by atomic mass is 35.5. The van der Waals surface area contributed by atoms with Crippen LogP contribution in [0, 0.1) is 6.92 Å². The summed E-state index contributed by atoms with van der Waals surface area (Å²) in [6.45, 7) is 3.10. The first-order valence-electron chi connectivity index (χ1n) is 12.6. The summed E-state index contributed by atoms with van der Waals surface area (Å²) in [5.74, 6) is -0.943. The van der Waals surface area contributed by atoms with Gasteiger partial charge in [-0.05, 0) is 66.6 Å². The molecule has 1 fully saturated rings. The van der Waals surface area contributed by atoms with Crippen LogP contribution in [0.25, 0.3) is 32.2 Å². The van der Waals surface area contributed by atoms with Crippen LogP contribution in [0.3, 0.4) is 0 Å². The third-order valence-electron chi connectivity index (χ3n) is 7.39. The lowest BCUT2D eigenvalue weighted by atomic mass is 9.93. The van der Waals surface area contributed by atoms with E-state index in [-0.39, 0.29) is 12.3 Å². The molecule has 0 saturated carbocycles. The second-order valence-electron chi connectivity index (χ2n) is 9.93. The number of amides is 1. The number of halogens is 1. The Morgan fingerprint density at radius 2 is 1.90 bits per heavy atom. The Morgan fingerprint density at radius 3 is 2.64 bits per heavy atom. The lowest BCUT2D eigenvalue weighted by Crippen LogP contribution is -2.51. The summed E-state index contributed by atoms with van der Waals surface area (Å²) in [6, 6.07) is 14.9. The van der Waals surface area contributed by atoms with Gasteiger partial charge in [0.15, 0.2) is 5.13 Å². The van der Waals surface area contributed by atoms with Crippen molar-refractivity contribution in [2.75, 3.05) is 25.0 Å². The molecular formula is C29H26ClN5O3S. The van der Waals surface area contributed by atoms with Crippen molar-refractivity contribution in [1.29, 1.82) is 0 Å². The third-order valence-corrected chi connectivity index (χ3v) is 8.76. The number of aliphatic carboxylic acids is 1. The maximum absolute atomic E-state index is 14.0. The molecule has 1 aliphatic rings. The van der Waals surface area contributed by atoms with Gasteiger partial charge >= 0.3 is 5.97 Å². The Kier molecular flexibility index (Phi) is 6.37. The molecule has 2 aromatic heterocycles. The van der Waals surface area contributed by atoms with Crippen molar-refractivity contribution in [1.82, 2.24) is 19.7 Å². The molecule has 1 atom stereocenters. The Balaban J connectivity index is 1.45. The number of hydrogen-bond acceptors (Lipinski definition) is 6. The molecule has 1 amide bonds. The summed E-state index contributed by atoms with van der Waals surface area (Å²) in [6.07, 6.45) is 1.70. The van der Waals surface area contributed by atoms with Crippen molar-refractivity contribution >= 4 is 61.1 Å². The van der Waals surface area contributed by atoms with Crippen LogP contribution in [0.2, 0.25) is 5.02 Å². The predicted molar refractivity (Wildman–Crippen MR) is 155 cm³/mol. The maximum Gasteiger partial charge on any atom is 0.307 e. The molecule has 8 nitrogen and oxygen atoms in total. The lowest BCUT2D eigenvalue weighted by molar-refractivity contribution is -0.136. The molecule has 198 valence electrons. The standard InChI is InChI=1S/C29H26ClN5O3S/c1-16-12-22-27(25(21(16)14-24(36)37)17-4-7-20(30)8-5-17)39-29(32-22)35-11-10-33(2)26(28(35)38)18-6-9-23-19(13-18)15-31-34(23)3/h4-9,12-13,15,26H,10-11,14H2,1-3H3,(H,36,37). The van der Waals surface area contributed by atoms with Gasteiger partial charge in [0.2, 0.25) is 0 Å². The van der Waals surface area contributed by atoms with Crippen LogP contribution in [0.5, 0.6) is 0 Å². The lowest BCUT2D eigenvalue weighted by Gasteiger charge is -2.37. The summed E-state index contributed by atoms with van der Waals surface area (Å²) >= 11 is 7.57. The van der Waals surface area contributed by atoms with Crippen molar-refractivity contribution in [3.63, 3.8) is 0 Å². The summed E-state index contributed by atoms with van der Waals surface area (Å²) in [4.78, 5) is 34.5. The van der Waals surface area contributed by atoms with Crippen LogP contribution in [-0.4, -0.2) is 56.8 Å². The first kappa shape index (κ1) is 25.5. The monoisotopic (exact) mass is 559 g/mol. The normalized spacial score (nSPS) is 16.5. The van der Waals surface area contributed by atoms with E-state index in [2.05, 4.69) is 10.00 Å². The fourth-order valence-electron chi connectivity index (χ4n) is 5.41. The molecule has 5 aromatic rings. The Labute approximate surface area is 234 Å². The maximum atomic E-state index is 14.0. The highest BCUT2D eigenvalue weighted by Crippen LogP contribution is 2.42. The number of aryl methyl sites for hydroxylation is 2. The topological polar surface area (TPSA) is 91.6 Å². The average molecular weight is 560 g/mol. The van der Waals surface area contributed by atoms with Crippen molar-refractivity contribution in [2.24, 2.45) is 7.05 Å². The van der Waals surface area contributed by atoms with E-state index < -0.39 is 12.0 Å². The Hall–Kier alpha value is -3.79. The van der Waals surface area contributed by atoms with Gasteiger partial charge < -0.3 is 5.11 Å². The molecule has 0 radical (unpaired) electrons. The van der Waals surface area contributed by atoms with Gasteiger partial charge in [0.1, 0.15) is 6.04 Å². The van der Waals surface area contributed by atoms with Gasteiger partial charge in [-0.15, -0.1) is 0 Å². The number of hydrogen-bond donors (Lipinski definition) is 1. The molecule has 39 heavy (non-hydrogen) atoms. The summed E-state index contributed by atoms with van der Waals surface area (Å²) < 4.78 is 2.67. The van der Waals surface area contributed by atoms with E-state index in [1.807, 2.05) is 68.3 Å². The number of likely N-dealkylation sites (N-methyl/N-ethyl adjacent to an activating group) is 1. The number of nitrogens with zero attached hydrogens (tertiary/aromatic N) is 5. The first-order chi connectivity index (χ1) is 18.7.